The molecule has 0 bridgehead atoms. The lowest BCUT2D eigenvalue weighted by Crippen LogP contribution is -2.03. The standard InChI is InChI=1S/C12H26O3S2/c13-17(14,15)12-10-8-6-4-2-1-3-5-7-9-11-16/h16H,1-12H2,(H,13,14,15). The number of hydrogen-bond acceptors (Lipinski definition) is 3. The maximum absolute atomic E-state index is 10.4. The van der Waals surface area contributed by atoms with Crippen LogP contribution in [0.1, 0.15) is 64.2 Å². The Labute approximate surface area is 112 Å². The van der Waals surface area contributed by atoms with Gasteiger partial charge in [-0.05, 0) is 18.6 Å². The van der Waals surface area contributed by atoms with Gasteiger partial charge in [-0.15, -0.1) is 0 Å². The van der Waals surface area contributed by atoms with E-state index in [9.17, 15) is 8.42 Å². The van der Waals surface area contributed by atoms with Crippen molar-refractivity contribution in [1.29, 1.82) is 0 Å². The molecule has 0 unspecified atom stereocenters. The molecule has 0 saturated carbocycles. The van der Waals surface area contributed by atoms with Gasteiger partial charge in [-0.25, -0.2) is 0 Å². The van der Waals surface area contributed by atoms with Crippen molar-refractivity contribution < 1.29 is 13.0 Å². The number of rotatable bonds is 12. The fraction of sp³-hybridized carbons (Fsp3) is 1.00. The van der Waals surface area contributed by atoms with E-state index in [0.29, 0.717) is 6.42 Å². The van der Waals surface area contributed by atoms with Crippen LogP contribution in [-0.4, -0.2) is 24.5 Å². The molecule has 17 heavy (non-hydrogen) atoms. The summed E-state index contributed by atoms with van der Waals surface area (Å²) in [6.45, 7) is 0. The highest BCUT2D eigenvalue weighted by atomic mass is 32.2. The van der Waals surface area contributed by atoms with Crippen molar-refractivity contribution in [2.45, 2.75) is 64.2 Å². The summed E-state index contributed by atoms with van der Waals surface area (Å²) in [5, 5.41) is 0. The van der Waals surface area contributed by atoms with E-state index in [0.717, 1.165) is 18.6 Å². The van der Waals surface area contributed by atoms with Crippen molar-refractivity contribution in [2.24, 2.45) is 0 Å². The normalized spacial score (nSPS) is 11.9. The summed E-state index contributed by atoms with van der Waals surface area (Å²) in [6.07, 6.45) is 11.4. The summed E-state index contributed by atoms with van der Waals surface area (Å²) in [4.78, 5) is 0. The maximum atomic E-state index is 10.4. The minimum atomic E-state index is -3.74. The highest BCUT2D eigenvalue weighted by Crippen LogP contribution is 2.11. The molecule has 0 amide bonds. The molecule has 104 valence electrons. The number of hydrogen-bond donors (Lipinski definition) is 2. The first-order valence-electron chi connectivity index (χ1n) is 6.62. The molecule has 5 heteroatoms. The third-order valence-corrected chi connectivity index (χ3v) is 3.93. The minimum Gasteiger partial charge on any atom is -0.286 e. The van der Waals surface area contributed by atoms with Crippen LogP contribution in [0.5, 0.6) is 0 Å². The van der Waals surface area contributed by atoms with Gasteiger partial charge in [0.05, 0.1) is 5.75 Å². The molecule has 1 N–H and O–H groups in total. The van der Waals surface area contributed by atoms with E-state index < -0.39 is 10.1 Å². The van der Waals surface area contributed by atoms with Gasteiger partial charge >= 0.3 is 0 Å². The second-order valence-corrected chi connectivity index (χ2v) is 6.56. The topological polar surface area (TPSA) is 54.4 Å². The fourth-order valence-electron chi connectivity index (χ4n) is 1.81. The molecule has 0 radical (unpaired) electrons. The maximum Gasteiger partial charge on any atom is 0.264 e. The number of unbranched alkanes of at least 4 members (excludes halogenated alkanes) is 9. The predicted octanol–water partition coefficient (Wildman–Crippen LogP) is 3.71. The van der Waals surface area contributed by atoms with E-state index in [1.807, 2.05) is 0 Å². The van der Waals surface area contributed by atoms with Crippen LogP contribution in [0, 0.1) is 0 Å². The van der Waals surface area contributed by atoms with E-state index in [1.54, 1.807) is 0 Å². The summed E-state index contributed by atoms with van der Waals surface area (Å²) >= 11 is 4.17. The van der Waals surface area contributed by atoms with Crippen LogP contribution in [0.4, 0.5) is 0 Å². The molecular weight excluding hydrogens is 256 g/mol. The molecule has 0 saturated heterocycles. The molecule has 0 atom stereocenters. The fourth-order valence-corrected chi connectivity index (χ4v) is 2.60. The van der Waals surface area contributed by atoms with Gasteiger partial charge in [0.15, 0.2) is 0 Å². The molecule has 0 rings (SSSR count). The lowest BCUT2D eigenvalue weighted by atomic mass is 10.1. The summed E-state index contributed by atoms with van der Waals surface area (Å²) in [5.41, 5.74) is 0. The van der Waals surface area contributed by atoms with E-state index >= 15 is 0 Å². The van der Waals surface area contributed by atoms with Crippen LogP contribution in [0.15, 0.2) is 0 Å². The highest BCUT2D eigenvalue weighted by Gasteiger charge is 2.02. The van der Waals surface area contributed by atoms with Crippen LogP contribution in [0.2, 0.25) is 0 Å². The van der Waals surface area contributed by atoms with Crippen molar-refractivity contribution in [1.82, 2.24) is 0 Å². The summed E-state index contributed by atoms with van der Waals surface area (Å²) in [7, 11) is -3.74. The molecule has 0 aromatic carbocycles. The Morgan fingerprint density at radius 1 is 0.706 bits per heavy atom. The zero-order valence-electron chi connectivity index (χ0n) is 10.6. The average Bonchev–Trinajstić information content (AvgIpc) is 2.24. The Bertz CT molecular complexity index is 250. The average molecular weight is 282 g/mol. The van der Waals surface area contributed by atoms with Crippen molar-refractivity contribution in [3.8, 4) is 0 Å². The summed E-state index contributed by atoms with van der Waals surface area (Å²) in [6, 6.07) is 0. The predicted molar refractivity (Wildman–Crippen MR) is 76.4 cm³/mol. The number of thiol groups is 1. The Kier molecular flexibility index (Phi) is 11.5. The molecule has 0 aliphatic carbocycles. The molecular formula is C12H26O3S2. The van der Waals surface area contributed by atoms with E-state index in [4.69, 9.17) is 4.55 Å². The molecule has 0 spiro atoms. The summed E-state index contributed by atoms with van der Waals surface area (Å²) < 4.78 is 29.4. The van der Waals surface area contributed by atoms with Gasteiger partial charge in [0.25, 0.3) is 10.1 Å². The first kappa shape index (κ1) is 17.3. The Morgan fingerprint density at radius 3 is 1.41 bits per heavy atom. The first-order chi connectivity index (χ1) is 8.06. The van der Waals surface area contributed by atoms with Crippen molar-refractivity contribution in [3.63, 3.8) is 0 Å². The zero-order valence-corrected chi connectivity index (χ0v) is 12.3. The largest absolute Gasteiger partial charge is 0.286 e. The van der Waals surface area contributed by atoms with Gasteiger partial charge in [-0.1, -0.05) is 51.4 Å². The first-order valence-corrected chi connectivity index (χ1v) is 8.86. The van der Waals surface area contributed by atoms with Gasteiger partial charge in [-0.3, -0.25) is 4.55 Å². The van der Waals surface area contributed by atoms with Gasteiger partial charge in [0, 0.05) is 0 Å². The molecule has 3 nitrogen and oxygen atoms in total. The monoisotopic (exact) mass is 282 g/mol. The van der Waals surface area contributed by atoms with E-state index in [1.165, 1.54) is 44.9 Å². The SMILES string of the molecule is O=S(=O)(O)CCCCCCCCCCCCS. The van der Waals surface area contributed by atoms with Crippen LogP contribution in [0.3, 0.4) is 0 Å². The Hall–Kier alpha value is 0.260. The second kappa shape index (κ2) is 11.4. The van der Waals surface area contributed by atoms with E-state index in [-0.39, 0.29) is 5.75 Å². The molecule has 0 heterocycles. The van der Waals surface area contributed by atoms with Crippen LogP contribution < -0.4 is 0 Å². The molecule has 0 aromatic rings. The zero-order chi connectivity index (χ0) is 13.0. The van der Waals surface area contributed by atoms with Crippen molar-refractivity contribution in [2.75, 3.05) is 11.5 Å². The smallest absolute Gasteiger partial charge is 0.264 e. The third-order valence-electron chi connectivity index (χ3n) is 2.81. The molecule has 0 aromatic heterocycles. The van der Waals surface area contributed by atoms with Crippen molar-refractivity contribution in [3.05, 3.63) is 0 Å². The van der Waals surface area contributed by atoms with Crippen molar-refractivity contribution >= 4 is 22.7 Å². The second-order valence-electron chi connectivity index (χ2n) is 4.55. The van der Waals surface area contributed by atoms with Crippen LogP contribution in [-0.2, 0) is 10.1 Å². The Morgan fingerprint density at radius 2 is 1.06 bits per heavy atom. The third kappa shape index (κ3) is 16.3. The Balaban J connectivity index is 3.04. The quantitative estimate of drug-likeness (QED) is 0.326. The molecule has 0 fully saturated rings. The molecule has 0 aliphatic rings. The minimum absolute atomic E-state index is 0.0866. The summed E-state index contributed by atoms with van der Waals surface area (Å²) in [5.74, 6) is 0.907. The molecule has 0 aliphatic heterocycles. The van der Waals surface area contributed by atoms with Gasteiger partial charge in [0.2, 0.25) is 0 Å². The van der Waals surface area contributed by atoms with Gasteiger partial charge in [0.1, 0.15) is 0 Å². The lowest BCUT2D eigenvalue weighted by molar-refractivity contribution is 0.478. The van der Waals surface area contributed by atoms with E-state index in [2.05, 4.69) is 12.6 Å². The lowest BCUT2D eigenvalue weighted by Gasteiger charge is -2.01. The van der Waals surface area contributed by atoms with Gasteiger partial charge in [-0.2, -0.15) is 21.0 Å². The van der Waals surface area contributed by atoms with Gasteiger partial charge < -0.3 is 0 Å². The highest BCUT2D eigenvalue weighted by molar-refractivity contribution is 7.85. The van der Waals surface area contributed by atoms with Crippen LogP contribution in [0.25, 0.3) is 0 Å². The van der Waals surface area contributed by atoms with Crippen LogP contribution >= 0.6 is 12.6 Å².